The van der Waals surface area contributed by atoms with E-state index in [9.17, 15) is 8.42 Å². The molecule has 5 nitrogen and oxygen atoms in total. The molecule has 0 aliphatic rings. The maximum atomic E-state index is 12.9. The molecule has 0 radical (unpaired) electrons. The standard InChI is InChI=1S/C14H17Cl2N3O2S/c1-4-19(9-11-7-5-6-8-12(11)15)22(20,21)13-10(2)17-18(3)14(13)16/h5-8H,4,9H2,1-3H3. The molecule has 8 heteroatoms. The average Bonchev–Trinajstić information content (AvgIpc) is 2.71. The van der Waals surface area contributed by atoms with Gasteiger partial charge < -0.3 is 0 Å². The van der Waals surface area contributed by atoms with Gasteiger partial charge in [-0.2, -0.15) is 9.40 Å². The van der Waals surface area contributed by atoms with Crippen LogP contribution >= 0.6 is 23.2 Å². The lowest BCUT2D eigenvalue weighted by molar-refractivity contribution is 0.423. The van der Waals surface area contributed by atoms with Crippen LogP contribution in [0.5, 0.6) is 0 Å². The zero-order chi connectivity index (χ0) is 16.5. The molecule has 0 amide bonds. The van der Waals surface area contributed by atoms with Gasteiger partial charge in [0.1, 0.15) is 10.0 Å². The predicted octanol–water partition coefficient (Wildman–Crippen LogP) is 3.25. The van der Waals surface area contributed by atoms with Gasteiger partial charge in [0.2, 0.25) is 10.0 Å². The van der Waals surface area contributed by atoms with Crippen molar-refractivity contribution in [1.29, 1.82) is 0 Å². The van der Waals surface area contributed by atoms with E-state index in [0.29, 0.717) is 17.3 Å². The quantitative estimate of drug-likeness (QED) is 0.821. The predicted molar refractivity (Wildman–Crippen MR) is 87.7 cm³/mol. The third kappa shape index (κ3) is 3.15. The highest BCUT2D eigenvalue weighted by molar-refractivity contribution is 7.89. The van der Waals surface area contributed by atoms with E-state index in [1.165, 1.54) is 8.99 Å². The smallest absolute Gasteiger partial charge is 0.248 e. The summed E-state index contributed by atoms with van der Waals surface area (Å²) in [5, 5.41) is 4.71. The molecule has 0 spiro atoms. The van der Waals surface area contributed by atoms with Gasteiger partial charge in [0, 0.05) is 25.2 Å². The molecule has 0 aliphatic heterocycles. The van der Waals surface area contributed by atoms with Crippen LogP contribution in [0.15, 0.2) is 29.2 Å². The van der Waals surface area contributed by atoms with Gasteiger partial charge in [-0.1, -0.05) is 48.3 Å². The SMILES string of the molecule is CCN(Cc1ccccc1Cl)S(=O)(=O)c1c(C)nn(C)c1Cl. The highest BCUT2D eigenvalue weighted by Gasteiger charge is 2.31. The van der Waals surface area contributed by atoms with Crippen LogP contribution in [-0.4, -0.2) is 29.0 Å². The molecule has 1 heterocycles. The number of hydrogen-bond donors (Lipinski definition) is 0. The van der Waals surface area contributed by atoms with Crippen molar-refractivity contribution >= 4 is 33.2 Å². The van der Waals surface area contributed by atoms with Gasteiger partial charge in [0.15, 0.2) is 0 Å². The van der Waals surface area contributed by atoms with Gasteiger partial charge in [0.05, 0.1) is 5.69 Å². The summed E-state index contributed by atoms with van der Waals surface area (Å²) in [6.45, 7) is 3.89. The molecule has 2 aromatic rings. The fourth-order valence-corrected chi connectivity index (χ4v) is 4.54. The molecule has 0 aliphatic carbocycles. The number of nitrogens with zero attached hydrogens (tertiary/aromatic N) is 3. The van der Waals surface area contributed by atoms with Crippen molar-refractivity contribution in [3.8, 4) is 0 Å². The molecule has 0 saturated carbocycles. The van der Waals surface area contributed by atoms with Crippen LogP contribution in [0, 0.1) is 6.92 Å². The minimum Gasteiger partial charge on any atom is -0.255 e. The number of rotatable bonds is 5. The molecule has 0 atom stereocenters. The first-order chi connectivity index (χ1) is 10.3. The third-order valence-corrected chi connectivity index (χ3v) is 6.34. The molecule has 1 aromatic carbocycles. The monoisotopic (exact) mass is 361 g/mol. The van der Waals surface area contributed by atoms with Crippen LogP contribution < -0.4 is 0 Å². The molecule has 0 saturated heterocycles. The second-order valence-electron chi connectivity index (χ2n) is 4.85. The summed E-state index contributed by atoms with van der Waals surface area (Å²) in [6, 6.07) is 7.17. The number of aryl methyl sites for hydroxylation is 2. The molecular formula is C14H17Cl2N3O2S. The lowest BCUT2D eigenvalue weighted by Crippen LogP contribution is -2.31. The molecule has 120 valence electrons. The van der Waals surface area contributed by atoms with E-state index in [0.717, 1.165) is 5.56 Å². The van der Waals surface area contributed by atoms with Crippen LogP contribution in [0.4, 0.5) is 0 Å². The Morgan fingerprint density at radius 2 is 1.91 bits per heavy atom. The summed E-state index contributed by atoms with van der Waals surface area (Å²) in [5.41, 5.74) is 1.12. The molecule has 0 unspecified atom stereocenters. The van der Waals surface area contributed by atoms with Crippen LogP contribution in [-0.2, 0) is 23.6 Å². The Bertz CT molecular complexity index is 787. The average molecular weight is 362 g/mol. The van der Waals surface area contributed by atoms with Gasteiger partial charge in [-0.15, -0.1) is 0 Å². The van der Waals surface area contributed by atoms with Crippen molar-refractivity contribution in [3.63, 3.8) is 0 Å². The molecule has 0 fully saturated rings. The molecule has 2 rings (SSSR count). The number of halogens is 2. The number of sulfonamides is 1. The molecular weight excluding hydrogens is 345 g/mol. The van der Waals surface area contributed by atoms with E-state index < -0.39 is 10.0 Å². The summed E-state index contributed by atoms with van der Waals surface area (Å²) in [4.78, 5) is 0.0468. The van der Waals surface area contributed by atoms with Crippen molar-refractivity contribution in [2.45, 2.75) is 25.3 Å². The van der Waals surface area contributed by atoms with Crippen molar-refractivity contribution in [2.24, 2.45) is 7.05 Å². The Hall–Kier alpha value is -1.08. The lowest BCUT2D eigenvalue weighted by atomic mass is 10.2. The Balaban J connectivity index is 2.44. The number of hydrogen-bond acceptors (Lipinski definition) is 3. The van der Waals surface area contributed by atoms with Crippen molar-refractivity contribution in [3.05, 3.63) is 45.7 Å². The van der Waals surface area contributed by atoms with E-state index in [1.807, 2.05) is 6.07 Å². The zero-order valence-electron chi connectivity index (χ0n) is 12.5. The Labute approximate surface area is 140 Å². The van der Waals surface area contributed by atoms with Crippen molar-refractivity contribution in [1.82, 2.24) is 14.1 Å². The zero-order valence-corrected chi connectivity index (χ0v) is 14.9. The number of aromatic nitrogens is 2. The highest BCUT2D eigenvalue weighted by atomic mass is 35.5. The second kappa shape index (κ2) is 6.58. The minimum atomic E-state index is -3.75. The fraction of sp³-hybridized carbons (Fsp3) is 0.357. The molecule has 22 heavy (non-hydrogen) atoms. The summed E-state index contributed by atoms with van der Waals surface area (Å²) < 4.78 is 28.4. The Morgan fingerprint density at radius 1 is 1.27 bits per heavy atom. The first kappa shape index (κ1) is 17.3. The van der Waals surface area contributed by atoms with Gasteiger partial charge >= 0.3 is 0 Å². The first-order valence-corrected chi connectivity index (χ1v) is 8.91. The van der Waals surface area contributed by atoms with Crippen molar-refractivity contribution < 1.29 is 8.42 Å². The third-order valence-electron chi connectivity index (χ3n) is 3.36. The molecule has 0 N–H and O–H groups in total. The lowest BCUT2D eigenvalue weighted by Gasteiger charge is -2.21. The molecule has 1 aromatic heterocycles. The van der Waals surface area contributed by atoms with Crippen LogP contribution in [0.1, 0.15) is 18.2 Å². The van der Waals surface area contributed by atoms with E-state index in [2.05, 4.69) is 5.10 Å². The van der Waals surface area contributed by atoms with Gasteiger partial charge in [-0.3, -0.25) is 4.68 Å². The topological polar surface area (TPSA) is 55.2 Å². The summed E-state index contributed by atoms with van der Waals surface area (Å²) >= 11 is 12.2. The normalized spacial score (nSPS) is 12.1. The highest BCUT2D eigenvalue weighted by Crippen LogP contribution is 2.29. The van der Waals surface area contributed by atoms with Crippen LogP contribution in [0.2, 0.25) is 10.2 Å². The van der Waals surface area contributed by atoms with Gasteiger partial charge in [0.25, 0.3) is 0 Å². The fourth-order valence-electron chi connectivity index (χ4n) is 2.22. The van der Waals surface area contributed by atoms with Crippen LogP contribution in [0.25, 0.3) is 0 Å². The Kier molecular flexibility index (Phi) is 5.17. The maximum absolute atomic E-state index is 12.9. The largest absolute Gasteiger partial charge is 0.255 e. The summed E-state index contributed by atoms with van der Waals surface area (Å²) in [5.74, 6) is 0. The second-order valence-corrected chi connectivity index (χ2v) is 7.49. The van der Waals surface area contributed by atoms with Gasteiger partial charge in [-0.05, 0) is 18.6 Å². The van der Waals surface area contributed by atoms with E-state index in [1.54, 1.807) is 39.1 Å². The molecule has 0 bridgehead atoms. The van der Waals surface area contributed by atoms with Crippen LogP contribution in [0.3, 0.4) is 0 Å². The minimum absolute atomic E-state index is 0.0468. The van der Waals surface area contributed by atoms with E-state index >= 15 is 0 Å². The van der Waals surface area contributed by atoms with Crippen molar-refractivity contribution in [2.75, 3.05) is 6.54 Å². The van der Waals surface area contributed by atoms with E-state index in [4.69, 9.17) is 23.2 Å². The first-order valence-electron chi connectivity index (χ1n) is 6.71. The maximum Gasteiger partial charge on any atom is 0.248 e. The van der Waals surface area contributed by atoms with Gasteiger partial charge in [-0.25, -0.2) is 8.42 Å². The number of benzene rings is 1. The van der Waals surface area contributed by atoms with E-state index in [-0.39, 0.29) is 16.6 Å². The Morgan fingerprint density at radius 3 is 2.41 bits per heavy atom. The summed E-state index contributed by atoms with van der Waals surface area (Å²) in [6.07, 6.45) is 0. The summed E-state index contributed by atoms with van der Waals surface area (Å²) in [7, 11) is -2.14.